The number of hydrogen-bond donors (Lipinski definition) is 2. The Morgan fingerprint density at radius 3 is 2.74 bits per heavy atom. The lowest BCUT2D eigenvalue weighted by Crippen LogP contribution is -2.51. The normalized spacial score (nSPS) is 17.1. The van der Waals surface area contributed by atoms with Crippen LogP contribution in [0.4, 0.5) is 0 Å². The number of halogens is 1. The van der Waals surface area contributed by atoms with E-state index in [9.17, 15) is 9.59 Å². The molecule has 23 heavy (non-hydrogen) atoms. The van der Waals surface area contributed by atoms with Gasteiger partial charge in [0.1, 0.15) is 0 Å². The van der Waals surface area contributed by atoms with Crippen molar-refractivity contribution < 1.29 is 19.1 Å². The van der Waals surface area contributed by atoms with Crippen molar-refractivity contribution in [3.63, 3.8) is 0 Å². The van der Waals surface area contributed by atoms with Crippen molar-refractivity contribution in [3.8, 4) is 11.5 Å². The number of nitrogens with one attached hydrogen (secondary N) is 1. The molecule has 1 aliphatic heterocycles. The molecule has 0 saturated carbocycles. The maximum Gasteiger partial charge on any atom is 0.255 e. The topological polar surface area (TPSA) is 93.9 Å². The van der Waals surface area contributed by atoms with Crippen molar-refractivity contribution in [2.45, 2.75) is 13.0 Å². The van der Waals surface area contributed by atoms with Crippen LogP contribution in [0.2, 0.25) is 0 Å². The number of methoxy groups -OCH3 is 1. The molecule has 0 aliphatic carbocycles. The van der Waals surface area contributed by atoms with Crippen molar-refractivity contribution >= 4 is 24.2 Å². The van der Waals surface area contributed by atoms with Crippen LogP contribution in [-0.4, -0.2) is 56.1 Å². The van der Waals surface area contributed by atoms with E-state index < -0.39 is 5.91 Å². The molecular formula is C15H22ClN3O4. The standard InChI is InChI=1S/C15H21N3O4.ClH/c1-10-8-18(6-5-17-10)15(20)11-3-4-12(13(7-11)21-2)22-9-14(16)19;/h3-4,7,10,17H,5-6,8-9H2,1-2H3,(H2,16,19);1H. The fourth-order valence-electron chi connectivity index (χ4n) is 2.37. The highest BCUT2D eigenvalue weighted by Gasteiger charge is 2.22. The number of carbonyl (C=O) groups excluding carboxylic acids is 2. The number of amides is 2. The van der Waals surface area contributed by atoms with Gasteiger partial charge in [-0.1, -0.05) is 0 Å². The minimum atomic E-state index is -0.572. The number of primary amides is 1. The summed E-state index contributed by atoms with van der Waals surface area (Å²) < 4.78 is 10.5. The third-order valence-electron chi connectivity index (χ3n) is 3.44. The second-order valence-electron chi connectivity index (χ2n) is 5.23. The summed E-state index contributed by atoms with van der Waals surface area (Å²) in [5.41, 5.74) is 5.57. The minimum absolute atomic E-state index is 0. The zero-order chi connectivity index (χ0) is 16.1. The van der Waals surface area contributed by atoms with Crippen LogP contribution in [0.3, 0.4) is 0 Å². The highest BCUT2D eigenvalue weighted by molar-refractivity contribution is 5.95. The molecule has 1 atom stereocenters. The van der Waals surface area contributed by atoms with Crippen LogP contribution in [0.25, 0.3) is 0 Å². The predicted molar refractivity (Wildman–Crippen MR) is 88.3 cm³/mol. The number of nitrogens with two attached hydrogens (primary N) is 1. The van der Waals surface area contributed by atoms with Crippen LogP contribution in [0.1, 0.15) is 17.3 Å². The molecule has 1 fully saturated rings. The molecule has 2 amide bonds. The van der Waals surface area contributed by atoms with Gasteiger partial charge in [-0.15, -0.1) is 12.4 Å². The molecule has 128 valence electrons. The second-order valence-corrected chi connectivity index (χ2v) is 5.23. The van der Waals surface area contributed by atoms with Gasteiger partial charge >= 0.3 is 0 Å². The van der Waals surface area contributed by atoms with Gasteiger partial charge in [0.25, 0.3) is 11.8 Å². The van der Waals surface area contributed by atoms with E-state index in [0.717, 1.165) is 6.54 Å². The largest absolute Gasteiger partial charge is 0.493 e. The number of nitrogens with zero attached hydrogens (tertiary/aromatic N) is 1. The van der Waals surface area contributed by atoms with Gasteiger partial charge in [0, 0.05) is 31.2 Å². The monoisotopic (exact) mass is 343 g/mol. The van der Waals surface area contributed by atoms with E-state index in [4.69, 9.17) is 15.2 Å². The van der Waals surface area contributed by atoms with Crippen molar-refractivity contribution in [1.29, 1.82) is 0 Å². The van der Waals surface area contributed by atoms with Gasteiger partial charge in [0.05, 0.1) is 7.11 Å². The van der Waals surface area contributed by atoms with E-state index in [1.807, 2.05) is 6.92 Å². The van der Waals surface area contributed by atoms with Crippen molar-refractivity contribution in [2.24, 2.45) is 5.73 Å². The van der Waals surface area contributed by atoms with Crippen molar-refractivity contribution in [1.82, 2.24) is 10.2 Å². The highest BCUT2D eigenvalue weighted by atomic mass is 35.5. The Labute approximate surface area is 141 Å². The highest BCUT2D eigenvalue weighted by Crippen LogP contribution is 2.28. The lowest BCUT2D eigenvalue weighted by atomic mass is 10.1. The van der Waals surface area contributed by atoms with Gasteiger partial charge in [-0.25, -0.2) is 0 Å². The first-order valence-corrected chi connectivity index (χ1v) is 7.13. The van der Waals surface area contributed by atoms with Crippen LogP contribution >= 0.6 is 12.4 Å². The predicted octanol–water partition coefficient (Wildman–Crippen LogP) is 0.415. The van der Waals surface area contributed by atoms with Gasteiger partial charge in [-0.05, 0) is 25.1 Å². The maximum absolute atomic E-state index is 12.5. The zero-order valence-corrected chi connectivity index (χ0v) is 14.0. The number of piperazine rings is 1. The van der Waals surface area contributed by atoms with Gasteiger partial charge in [-0.2, -0.15) is 0 Å². The number of carbonyl (C=O) groups is 2. The molecule has 1 saturated heterocycles. The Balaban J connectivity index is 0.00000264. The van der Waals surface area contributed by atoms with Crippen LogP contribution in [0, 0.1) is 0 Å². The van der Waals surface area contributed by atoms with E-state index in [1.165, 1.54) is 7.11 Å². The first-order chi connectivity index (χ1) is 10.5. The molecule has 1 heterocycles. The number of ether oxygens (including phenoxy) is 2. The summed E-state index contributed by atoms with van der Waals surface area (Å²) in [6.45, 7) is 3.93. The van der Waals surface area contributed by atoms with Crippen molar-refractivity contribution in [3.05, 3.63) is 23.8 Å². The first kappa shape index (κ1) is 19.1. The summed E-state index contributed by atoms with van der Waals surface area (Å²) in [5, 5.41) is 3.29. The molecule has 1 aliphatic rings. The third kappa shape index (κ3) is 5.01. The summed E-state index contributed by atoms with van der Waals surface area (Å²) in [7, 11) is 1.48. The molecule has 2 rings (SSSR count). The summed E-state index contributed by atoms with van der Waals surface area (Å²) in [4.78, 5) is 25.1. The average Bonchev–Trinajstić information content (AvgIpc) is 2.52. The van der Waals surface area contributed by atoms with E-state index in [1.54, 1.807) is 23.1 Å². The fraction of sp³-hybridized carbons (Fsp3) is 0.467. The zero-order valence-electron chi connectivity index (χ0n) is 13.2. The molecule has 1 unspecified atom stereocenters. The Hall–Kier alpha value is -1.99. The van der Waals surface area contributed by atoms with Gasteiger partial charge in [-0.3, -0.25) is 9.59 Å². The molecule has 1 aromatic rings. The minimum Gasteiger partial charge on any atom is -0.493 e. The van der Waals surface area contributed by atoms with Crippen LogP contribution in [0.5, 0.6) is 11.5 Å². The Bertz CT molecular complexity index is 568. The Morgan fingerprint density at radius 1 is 1.39 bits per heavy atom. The summed E-state index contributed by atoms with van der Waals surface area (Å²) in [5.74, 6) is 0.159. The molecule has 7 nitrogen and oxygen atoms in total. The van der Waals surface area contributed by atoms with E-state index in [0.29, 0.717) is 30.2 Å². The lowest BCUT2D eigenvalue weighted by Gasteiger charge is -2.32. The number of hydrogen-bond acceptors (Lipinski definition) is 5. The summed E-state index contributed by atoms with van der Waals surface area (Å²) in [6, 6.07) is 5.16. The molecular weight excluding hydrogens is 322 g/mol. The van der Waals surface area contributed by atoms with E-state index in [-0.39, 0.29) is 31.0 Å². The van der Waals surface area contributed by atoms with Gasteiger partial charge in [0.15, 0.2) is 18.1 Å². The lowest BCUT2D eigenvalue weighted by molar-refractivity contribution is -0.119. The smallest absolute Gasteiger partial charge is 0.255 e. The SMILES string of the molecule is COc1cc(C(=O)N2CCNC(C)C2)ccc1OCC(N)=O.Cl. The third-order valence-corrected chi connectivity index (χ3v) is 3.44. The fourth-order valence-corrected chi connectivity index (χ4v) is 2.37. The van der Waals surface area contributed by atoms with Crippen LogP contribution < -0.4 is 20.5 Å². The molecule has 0 spiro atoms. The van der Waals surface area contributed by atoms with Gasteiger partial charge in [0.2, 0.25) is 0 Å². The summed E-state index contributed by atoms with van der Waals surface area (Å²) in [6.07, 6.45) is 0. The molecule has 1 aromatic carbocycles. The average molecular weight is 344 g/mol. The van der Waals surface area contributed by atoms with Crippen molar-refractivity contribution in [2.75, 3.05) is 33.4 Å². The second kappa shape index (κ2) is 8.59. The van der Waals surface area contributed by atoms with Crippen LogP contribution in [0.15, 0.2) is 18.2 Å². The Morgan fingerprint density at radius 2 is 2.13 bits per heavy atom. The number of rotatable bonds is 5. The molecule has 0 aromatic heterocycles. The maximum atomic E-state index is 12.5. The summed E-state index contributed by atoms with van der Waals surface area (Å²) >= 11 is 0. The van der Waals surface area contributed by atoms with Gasteiger partial charge < -0.3 is 25.4 Å². The molecule has 0 radical (unpaired) electrons. The van der Waals surface area contributed by atoms with E-state index >= 15 is 0 Å². The number of benzene rings is 1. The molecule has 0 bridgehead atoms. The van der Waals surface area contributed by atoms with Crippen LogP contribution in [-0.2, 0) is 4.79 Å². The molecule has 8 heteroatoms. The first-order valence-electron chi connectivity index (χ1n) is 7.13. The quantitative estimate of drug-likeness (QED) is 0.808. The van der Waals surface area contributed by atoms with E-state index in [2.05, 4.69) is 5.32 Å². The Kier molecular flexibility index (Phi) is 7.12. The molecule has 3 N–H and O–H groups in total.